The molecule has 2 rings (SSSR count). The van der Waals surface area contributed by atoms with Crippen LogP contribution in [-0.2, 0) is 6.42 Å². The molecule has 1 aromatic rings. The van der Waals surface area contributed by atoms with Gasteiger partial charge in [0.1, 0.15) is 0 Å². The monoisotopic (exact) mass is 301 g/mol. The summed E-state index contributed by atoms with van der Waals surface area (Å²) in [6.45, 7) is 6.59. The first-order valence-electron chi connectivity index (χ1n) is 6.91. The Kier molecular flexibility index (Phi) is 5.59. The van der Waals surface area contributed by atoms with Gasteiger partial charge in [0.15, 0.2) is 5.82 Å². The van der Waals surface area contributed by atoms with Crippen molar-refractivity contribution in [2.45, 2.75) is 61.8 Å². The molecule has 1 aliphatic rings. The fraction of sp³-hybridized carbons (Fsp3) is 0.846. The minimum Gasteiger partial charge on any atom is -0.339 e. The Morgan fingerprint density at radius 3 is 2.89 bits per heavy atom. The van der Waals surface area contributed by atoms with E-state index >= 15 is 0 Å². The first-order valence-corrected chi connectivity index (χ1v) is 8.90. The minimum absolute atomic E-state index is 0.245. The van der Waals surface area contributed by atoms with Gasteiger partial charge in [0.2, 0.25) is 5.89 Å². The number of aryl methyl sites for hydroxylation is 1. The van der Waals surface area contributed by atoms with Crippen LogP contribution >= 0.6 is 23.5 Å². The van der Waals surface area contributed by atoms with Crippen molar-refractivity contribution in [3.63, 3.8) is 0 Å². The van der Waals surface area contributed by atoms with Gasteiger partial charge in [-0.3, -0.25) is 0 Å². The third-order valence-electron chi connectivity index (χ3n) is 3.37. The van der Waals surface area contributed by atoms with Crippen LogP contribution in [0.1, 0.15) is 50.6 Å². The lowest BCUT2D eigenvalue weighted by Gasteiger charge is -2.29. The van der Waals surface area contributed by atoms with Gasteiger partial charge in [-0.2, -0.15) is 16.7 Å². The molecule has 0 spiro atoms. The van der Waals surface area contributed by atoms with E-state index in [1.807, 2.05) is 30.4 Å². The summed E-state index contributed by atoms with van der Waals surface area (Å²) in [5.74, 6) is 2.70. The lowest BCUT2D eigenvalue weighted by molar-refractivity contribution is 0.368. The van der Waals surface area contributed by atoms with Crippen molar-refractivity contribution in [3.05, 3.63) is 11.7 Å². The Balaban J connectivity index is 1.86. The summed E-state index contributed by atoms with van der Waals surface area (Å²) in [4.78, 5) is 4.54. The topological polar surface area (TPSA) is 64.9 Å². The van der Waals surface area contributed by atoms with Gasteiger partial charge in [-0.25, -0.2) is 0 Å². The SMILES string of the molecule is CC(N)CCCc1nc(C2CSC(C)C(C)S2)no1. The zero-order chi connectivity index (χ0) is 13.8. The molecule has 0 aromatic carbocycles. The first kappa shape index (κ1) is 15.2. The standard InChI is InChI=1S/C13H23N3OS2/c1-8(14)5-4-6-12-15-13(16-17-12)11-7-18-9(2)10(3)19-11/h8-11H,4-7,14H2,1-3H3. The molecule has 2 N–H and O–H groups in total. The summed E-state index contributed by atoms with van der Waals surface area (Å²) < 4.78 is 5.34. The van der Waals surface area contributed by atoms with E-state index in [2.05, 4.69) is 24.0 Å². The summed E-state index contributed by atoms with van der Waals surface area (Å²) in [5.41, 5.74) is 5.73. The van der Waals surface area contributed by atoms with Crippen LogP contribution in [0.15, 0.2) is 4.52 Å². The van der Waals surface area contributed by atoms with E-state index in [4.69, 9.17) is 10.3 Å². The number of nitrogens with zero attached hydrogens (tertiary/aromatic N) is 2. The van der Waals surface area contributed by atoms with E-state index in [1.54, 1.807) is 0 Å². The molecule has 4 atom stereocenters. The van der Waals surface area contributed by atoms with Crippen LogP contribution in [0.25, 0.3) is 0 Å². The molecule has 1 fully saturated rings. The van der Waals surface area contributed by atoms with Crippen LogP contribution in [0.5, 0.6) is 0 Å². The summed E-state index contributed by atoms with van der Waals surface area (Å²) >= 11 is 3.96. The van der Waals surface area contributed by atoms with Gasteiger partial charge in [0.25, 0.3) is 0 Å². The first-order chi connectivity index (χ1) is 9.06. The fourth-order valence-corrected chi connectivity index (χ4v) is 4.83. The maximum absolute atomic E-state index is 5.73. The van der Waals surface area contributed by atoms with Gasteiger partial charge in [-0.05, 0) is 19.8 Å². The maximum Gasteiger partial charge on any atom is 0.226 e. The number of hydrogen-bond acceptors (Lipinski definition) is 6. The molecule has 0 bridgehead atoms. The fourth-order valence-electron chi connectivity index (χ4n) is 1.99. The van der Waals surface area contributed by atoms with Crippen molar-refractivity contribution >= 4 is 23.5 Å². The molecule has 1 aromatic heterocycles. The van der Waals surface area contributed by atoms with Crippen LogP contribution < -0.4 is 5.73 Å². The molecule has 19 heavy (non-hydrogen) atoms. The third-order valence-corrected chi connectivity index (χ3v) is 6.76. The predicted octanol–water partition coefficient (Wildman–Crippen LogP) is 3.04. The number of rotatable bonds is 5. The molecule has 2 heterocycles. The number of aromatic nitrogens is 2. The Morgan fingerprint density at radius 1 is 1.42 bits per heavy atom. The van der Waals surface area contributed by atoms with Gasteiger partial charge < -0.3 is 10.3 Å². The summed E-state index contributed by atoms with van der Waals surface area (Å²) in [5, 5.41) is 5.87. The highest BCUT2D eigenvalue weighted by molar-refractivity contribution is 8.07. The minimum atomic E-state index is 0.245. The second-order valence-corrected chi connectivity index (χ2v) is 8.28. The highest BCUT2D eigenvalue weighted by atomic mass is 32.2. The Morgan fingerprint density at radius 2 is 2.21 bits per heavy atom. The molecule has 6 heteroatoms. The molecule has 4 unspecified atom stereocenters. The molecule has 0 radical (unpaired) electrons. The van der Waals surface area contributed by atoms with Crippen molar-refractivity contribution in [2.75, 3.05) is 5.75 Å². The van der Waals surface area contributed by atoms with E-state index < -0.39 is 0 Å². The molecule has 0 aliphatic carbocycles. The van der Waals surface area contributed by atoms with Crippen LogP contribution in [0.4, 0.5) is 0 Å². The molecule has 0 saturated carbocycles. The summed E-state index contributed by atoms with van der Waals surface area (Å²) in [6.07, 6.45) is 2.85. The Labute approximate surface area is 123 Å². The molecule has 108 valence electrons. The quantitative estimate of drug-likeness (QED) is 0.902. The van der Waals surface area contributed by atoms with Gasteiger partial charge in [0.05, 0.1) is 5.25 Å². The molecule has 1 saturated heterocycles. The van der Waals surface area contributed by atoms with E-state index in [0.29, 0.717) is 15.7 Å². The second-order valence-electron chi connectivity index (χ2n) is 5.28. The third kappa shape index (κ3) is 4.39. The van der Waals surface area contributed by atoms with Gasteiger partial charge in [0, 0.05) is 28.7 Å². The summed E-state index contributed by atoms with van der Waals surface area (Å²) in [7, 11) is 0. The zero-order valence-corrected chi connectivity index (χ0v) is 13.5. The smallest absolute Gasteiger partial charge is 0.226 e. The van der Waals surface area contributed by atoms with Crippen LogP contribution in [0.3, 0.4) is 0 Å². The Bertz CT molecular complexity index is 397. The van der Waals surface area contributed by atoms with Crippen molar-refractivity contribution < 1.29 is 4.52 Å². The maximum atomic E-state index is 5.73. The molecule has 1 aliphatic heterocycles. The van der Waals surface area contributed by atoms with Crippen molar-refractivity contribution in [2.24, 2.45) is 5.73 Å². The van der Waals surface area contributed by atoms with E-state index in [9.17, 15) is 0 Å². The van der Waals surface area contributed by atoms with E-state index in [0.717, 1.165) is 36.7 Å². The van der Waals surface area contributed by atoms with E-state index in [-0.39, 0.29) is 6.04 Å². The average molecular weight is 301 g/mol. The lowest BCUT2D eigenvalue weighted by atomic mass is 10.1. The largest absolute Gasteiger partial charge is 0.339 e. The molecular weight excluding hydrogens is 278 g/mol. The van der Waals surface area contributed by atoms with Crippen molar-refractivity contribution in [1.82, 2.24) is 10.1 Å². The number of nitrogens with two attached hydrogens (primary N) is 1. The van der Waals surface area contributed by atoms with Gasteiger partial charge in [-0.1, -0.05) is 19.0 Å². The Hall–Kier alpha value is -0.200. The van der Waals surface area contributed by atoms with E-state index in [1.165, 1.54) is 0 Å². The average Bonchev–Trinajstić information content (AvgIpc) is 2.81. The van der Waals surface area contributed by atoms with Crippen LogP contribution in [0, 0.1) is 0 Å². The molecule has 0 amide bonds. The predicted molar refractivity (Wildman–Crippen MR) is 82.6 cm³/mol. The second kappa shape index (κ2) is 6.99. The normalized spacial score (nSPS) is 29.4. The van der Waals surface area contributed by atoms with Gasteiger partial charge in [-0.15, -0.1) is 11.8 Å². The van der Waals surface area contributed by atoms with Crippen molar-refractivity contribution in [3.8, 4) is 0 Å². The van der Waals surface area contributed by atoms with Crippen LogP contribution in [0.2, 0.25) is 0 Å². The summed E-state index contributed by atoms with van der Waals surface area (Å²) in [6, 6.07) is 0.245. The lowest BCUT2D eigenvalue weighted by Crippen LogP contribution is -2.22. The number of thioether (sulfide) groups is 2. The zero-order valence-electron chi connectivity index (χ0n) is 11.8. The van der Waals surface area contributed by atoms with Crippen molar-refractivity contribution in [1.29, 1.82) is 0 Å². The molecule has 4 nitrogen and oxygen atoms in total. The molecular formula is C13H23N3OS2. The highest BCUT2D eigenvalue weighted by Crippen LogP contribution is 2.43. The van der Waals surface area contributed by atoms with Crippen LogP contribution in [-0.4, -0.2) is 32.4 Å². The number of hydrogen-bond donors (Lipinski definition) is 1. The highest BCUT2D eigenvalue weighted by Gasteiger charge is 2.29. The van der Waals surface area contributed by atoms with Gasteiger partial charge >= 0.3 is 0 Å².